The number of allylic oxidation sites excluding steroid dienone is 1. The minimum absolute atomic E-state index is 0.204. The smallest absolute Gasteiger partial charge is 0.165 e. The van der Waals surface area contributed by atoms with Crippen LogP contribution in [0.3, 0.4) is 0 Å². The molecule has 0 unspecified atom stereocenters. The number of nitrogens with zero attached hydrogens (tertiary/aromatic N) is 6. The van der Waals surface area contributed by atoms with Crippen LogP contribution in [0.5, 0.6) is 0 Å². The first-order chi connectivity index (χ1) is 24.1. The molecule has 0 aliphatic heterocycles. The van der Waals surface area contributed by atoms with Crippen LogP contribution in [0.1, 0.15) is 28.5 Å². The molecule has 3 aromatic heterocycles. The Hall–Kier alpha value is -6.67. The second-order valence-corrected chi connectivity index (χ2v) is 12.5. The number of thiophene rings is 1. The van der Waals surface area contributed by atoms with E-state index in [1.165, 1.54) is 0 Å². The normalized spacial score (nSPS) is 11.3. The molecule has 49 heavy (non-hydrogen) atoms. The van der Waals surface area contributed by atoms with E-state index < -0.39 is 0 Å². The van der Waals surface area contributed by atoms with Gasteiger partial charge in [0.15, 0.2) is 17.5 Å². The van der Waals surface area contributed by atoms with Crippen molar-refractivity contribution in [2.75, 3.05) is 0 Å². The maximum atomic E-state index is 10.7. The first-order valence-corrected chi connectivity index (χ1v) is 16.6. The third kappa shape index (κ3) is 4.81. The lowest BCUT2D eigenvalue weighted by Crippen LogP contribution is -2.05. The van der Waals surface area contributed by atoms with Gasteiger partial charge in [-0.3, -0.25) is 0 Å². The third-order valence-electron chi connectivity index (χ3n) is 8.66. The first-order valence-electron chi connectivity index (χ1n) is 15.7. The van der Waals surface area contributed by atoms with E-state index >= 15 is 0 Å². The zero-order valence-corrected chi connectivity index (χ0v) is 27.2. The summed E-state index contributed by atoms with van der Waals surface area (Å²) in [7, 11) is 0. The number of para-hydroxylation sites is 1. The van der Waals surface area contributed by atoms with Crippen molar-refractivity contribution in [3.63, 3.8) is 0 Å². The molecule has 0 saturated heterocycles. The molecule has 6 nitrogen and oxygen atoms in total. The van der Waals surface area contributed by atoms with Crippen molar-refractivity contribution in [3.05, 3.63) is 143 Å². The molecule has 0 spiro atoms. The highest BCUT2D eigenvalue weighted by Gasteiger charge is 2.24. The van der Waals surface area contributed by atoms with Crippen molar-refractivity contribution >= 4 is 55.4 Å². The van der Waals surface area contributed by atoms with E-state index in [1.807, 2.05) is 104 Å². The number of benzene rings is 5. The molecule has 0 bridgehead atoms. The van der Waals surface area contributed by atoms with Crippen molar-refractivity contribution in [1.29, 1.82) is 10.5 Å². The maximum absolute atomic E-state index is 10.7. The summed E-state index contributed by atoms with van der Waals surface area (Å²) >= 11 is 1.71. The lowest BCUT2D eigenvalue weighted by atomic mass is 9.99. The third-order valence-corrected chi connectivity index (χ3v) is 9.83. The average molecular weight is 647 g/mol. The van der Waals surface area contributed by atoms with Crippen LogP contribution in [0.25, 0.3) is 83.9 Å². The standard InChI is InChI=1S/C42H26N6S/c1-3-13-30-36(4-2)49-37-23-22-35-38(39(30)37)29-18-11-12-19-33(29)48(35)34-21-20-28(31(24-43)32(34)25-44)42-46-40(26-14-7-5-8-15-26)45-41(47-42)27-16-9-6-10-17-27/h3-23H,2H2,1H3/b13-3-. The molecule has 0 aliphatic rings. The Bertz CT molecular complexity index is 2650. The van der Waals surface area contributed by atoms with Crippen LogP contribution in [-0.2, 0) is 0 Å². The Morgan fingerprint density at radius 1 is 0.673 bits per heavy atom. The maximum Gasteiger partial charge on any atom is 0.165 e. The lowest BCUT2D eigenvalue weighted by molar-refractivity contribution is 1.07. The van der Waals surface area contributed by atoms with Gasteiger partial charge in [0.1, 0.15) is 12.1 Å². The van der Waals surface area contributed by atoms with Gasteiger partial charge in [-0.25, -0.2) is 15.0 Å². The van der Waals surface area contributed by atoms with Gasteiger partial charge in [-0.05, 0) is 37.3 Å². The zero-order chi connectivity index (χ0) is 33.5. The summed E-state index contributed by atoms with van der Waals surface area (Å²) in [6.07, 6.45) is 6.09. The van der Waals surface area contributed by atoms with Gasteiger partial charge in [-0.1, -0.05) is 104 Å². The second-order valence-electron chi connectivity index (χ2n) is 11.4. The highest BCUT2D eigenvalue weighted by Crippen LogP contribution is 2.44. The second kappa shape index (κ2) is 12.2. The summed E-state index contributed by atoms with van der Waals surface area (Å²) in [5, 5.41) is 24.7. The number of hydrogen-bond acceptors (Lipinski definition) is 6. The molecule has 230 valence electrons. The molecule has 5 aromatic carbocycles. The molecule has 0 saturated carbocycles. The number of fused-ring (bicyclic) bond motifs is 5. The molecule has 0 atom stereocenters. The fraction of sp³-hybridized carbons (Fsp3) is 0.0238. The van der Waals surface area contributed by atoms with Crippen LogP contribution in [-0.4, -0.2) is 19.5 Å². The van der Waals surface area contributed by atoms with E-state index in [0.29, 0.717) is 28.7 Å². The molecule has 0 fully saturated rings. The molecular weight excluding hydrogens is 621 g/mol. The Balaban J connectivity index is 1.41. The van der Waals surface area contributed by atoms with Gasteiger partial charge in [0.2, 0.25) is 0 Å². The van der Waals surface area contributed by atoms with Crippen molar-refractivity contribution < 1.29 is 0 Å². The molecular formula is C42H26N6S. The number of rotatable bonds is 6. The zero-order valence-electron chi connectivity index (χ0n) is 26.4. The van der Waals surface area contributed by atoms with E-state index in [-0.39, 0.29) is 11.1 Å². The van der Waals surface area contributed by atoms with Crippen molar-refractivity contribution in [1.82, 2.24) is 19.5 Å². The summed E-state index contributed by atoms with van der Waals surface area (Å²) in [5.74, 6) is 1.28. The monoisotopic (exact) mass is 646 g/mol. The van der Waals surface area contributed by atoms with Crippen molar-refractivity contribution in [2.45, 2.75) is 6.92 Å². The minimum atomic E-state index is 0.204. The predicted molar refractivity (Wildman–Crippen MR) is 200 cm³/mol. The fourth-order valence-electron chi connectivity index (χ4n) is 6.56. The van der Waals surface area contributed by atoms with Crippen LogP contribution in [0, 0.1) is 22.7 Å². The molecule has 0 radical (unpaired) electrons. The number of aromatic nitrogens is 4. The highest BCUT2D eigenvalue weighted by atomic mass is 32.1. The summed E-state index contributed by atoms with van der Waals surface area (Å²) in [6, 6.07) is 40.3. The van der Waals surface area contributed by atoms with E-state index in [9.17, 15) is 10.5 Å². The molecule has 7 heteroatoms. The average Bonchev–Trinajstić information content (AvgIpc) is 3.69. The van der Waals surface area contributed by atoms with E-state index in [0.717, 1.165) is 53.5 Å². The largest absolute Gasteiger partial charge is 0.308 e. The SMILES string of the molecule is C=Cc1sc2ccc3c(c4ccccc4n3-c3ccc(-c4nc(-c5ccccc5)nc(-c5ccccc5)n4)c(C#N)c3C#N)c2c1/C=C\C. The van der Waals surface area contributed by atoms with E-state index in [1.54, 1.807) is 11.3 Å². The Morgan fingerprint density at radius 2 is 1.31 bits per heavy atom. The summed E-state index contributed by atoms with van der Waals surface area (Å²) in [5.41, 5.74) is 6.17. The predicted octanol–water partition coefficient (Wildman–Crippen LogP) is 10.6. The van der Waals surface area contributed by atoms with Gasteiger partial charge >= 0.3 is 0 Å². The summed E-state index contributed by atoms with van der Waals surface area (Å²) in [4.78, 5) is 15.6. The van der Waals surface area contributed by atoms with Crippen molar-refractivity contribution in [2.24, 2.45) is 0 Å². The quantitative estimate of drug-likeness (QED) is 0.179. The van der Waals surface area contributed by atoms with Crippen molar-refractivity contribution in [3.8, 4) is 52.0 Å². The molecule has 0 N–H and O–H groups in total. The Morgan fingerprint density at radius 3 is 1.94 bits per heavy atom. The van der Waals surface area contributed by atoms with Crippen LogP contribution >= 0.6 is 11.3 Å². The van der Waals surface area contributed by atoms with Gasteiger partial charge < -0.3 is 4.57 Å². The van der Waals surface area contributed by atoms with E-state index in [2.05, 4.69) is 53.6 Å². The van der Waals surface area contributed by atoms with Gasteiger partial charge in [0, 0.05) is 48.0 Å². The van der Waals surface area contributed by atoms with Crippen LogP contribution in [0.15, 0.2) is 122 Å². The van der Waals surface area contributed by atoms with Crippen LogP contribution in [0.2, 0.25) is 0 Å². The molecule has 8 rings (SSSR count). The molecule has 0 aliphatic carbocycles. The summed E-state index contributed by atoms with van der Waals surface area (Å²) in [6.45, 7) is 6.09. The van der Waals surface area contributed by atoms with E-state index in [4.69, 9.17) is 15.0 Å². The van der Waals surface area contributed by atoms with Gasteiger partial charge in [-0.2, -0.15) is 10.5 Å². The Kier molecular flexibility index (Phi) is 7.38. The fourth-order valence-corrected chi connectivity index (χ4v) is 7.61. The Labute approximate surface area is 286 Å². The van der Waals surface area contributed by atoms with Crippen LogP contribution < -0.4 is 0 Å². The van der Waals surface area contributed by atoms with Gasteiger partial charge in [0.05, 0.1) is 27.8 Å². The molecule has 8 aromatic rings. The lowest BCUT2D eigenvalue weighted by Gasteiger charge is -2.14. The van der Waals surface area contributed by atoms with Gasteiger partial charge in [0.25, 0.3) is 0 Å². The first kappa shape index (κ1) is 29.7. The van der Waals surface area contributed by atoms with Crippen LogP contribution in [0.4, 0.5) is 0 Å². The summed E-state index contributed by atoms with van der Waals surface area (Å²) < 4.78 is 3.25. The number of hydrogen-bond donors (Lipinski definition) is 0. The highest BCUT2D eigenvalue weighted by molar-refractivity contribution is 7.20. The number of nitriles is 2. The molecule has 3 heterocycles. The topological polar surface area (TPSA) is 91.2 Å². The molecule has 0 amide bonds. The van der Waals surface area contributed by atoms with Gasteiger partial charge in [-0.15, -0.1) is 11.3 Å². The minimum Gasteiger partial charge on any atom is -0.308 e.